The van der Waals surface area contributed by atoms with E-state index in [0.29, 0.717) is 18.7 Å². The van der Waals surface area contributed by atoms with Gasteiger partial charge in [-0.2, -0.15) is 23.3 Å². The van der Waals surface area contributed by atoms with Gasteiger partial charge in [-0.15, -0.1) is 0 Å². The van der Waals surface area contributed by atoms with Crippen LogP contribution in [-0.2, 0) is 0 Å². The van der Waals surface area contributed by atoms with Crippen LogP contribution in [0.5, 0.6) is 0 Å². The van der Waals surface area contributed by atoms with Gasteiger partial charge in [0.15, 0.2) is 5.82 Å². The van der Waals surface area contributed by atoms with Gasteiger partial charge in [-0.3, -0.25) is 5.10 Å². The minimum absolute atomic E-state index is 0.00153. The molecule has 1 fully saturated rings. The van der Waals surface area contributed by atoms with Crippen LogP contribution in [0.1, 0.15) is 37.5 Å². The molecular formula is C11H12F3N5O. The Morgan fingerprint density at radius 3 is 2.85 bits per heavy atom. The van der Waals surface area contributed by atoms with Crippen LogP contribution in [0, 0.1) is 5.92 Å². The number of nitrogens with zero attached hydrogens (tertiary/aromatic N) is 4. The molecule has 3 rings (SSSR count). The van der Waals surface area contributed by atoms with Gasteiger partial charge in [-0.25, -0.2) is 4.98 Å². The first-order chi connectivity index (χ1) is 9.54. The van der Waals surface area contributed by atoms with E-state index in [9.17, 15) is 13.2 Å². The van der Waals surface area contributed by atoms with Crippen molar-refractivity contribution in [1.29, 1.82) is 0 Å². The average Bonchev–Trinajstić information content (AvgIpc) is 3.09. The summed E-state index contributed by atoms with van der Waals surface area (Å²) in [5, 5.41) is 9.95. The molecule has 2 atom stereocenters. The molecular weight excluding hydrogens is 275 g/mol. The molecule has 0 aromatic carbocycles. The maximum absolute atomic E-state index is 12.8. The molecule has 108 valence electrons. The lowest BCUT2D eigenvalue weighted by Crippen LogP contribution is -2.28. The second kappa shape index (κ2) is 4.88. The Morgan fingerprint density at radius 1 is 1.30 bits per heavy atom. The van der Waals surface area contributed by atoms with Crippen molar-refractivity contribution >= 4 is 0 Å². The number of hydrogen-bond donors (Lipinski definition) is 1. The maximum atomic E-state index is 12.8. The lowest BCUT2D eigenvalue weighted by molar-refractivity contribution is -0.183. The highest BCUT2D eigenvalue weighted by atomic mass is 19.4. The number of rotatable bonds is 2. The van der Waals surface area contributed by atoms with Crippen molar-refractivity contribution < 1.29 is 17.7 Å². The number of hydrogen-bond acceptors (Lipinski definition) is 5. The van der Waals surface area contributed by atoms with Crippen molar-refractivity contribution in [2.24, 2.45) is 5.92 Å². The highest BCUT2D eigenvalue weighted by Crippen LogP contribution is 2.43. The summed E-state index contributed by atoms with van der Waals surface area (Å²) in [5.74, 6) is -0.846. The SMILES string of the molecule is FC(F)(F)C1CCCC(c2nc(-c3ncn[nH]3)no2)C1. The summed E-state index contributed by atoms with van der Waals surface area (Å²) in [7, 11) is 0. The van der Waals surface area contributed by atoms with Crippen molar-refractivity contribution in [3.05, 3.63) is 12.2 Å². The van der Waals surface area contributed by atoms with Crippen molar-refractivity contribution in [2.45, 2.75) is 37.8 Å². The fourth-order valence-corrected chi connectivity index (χ4v) is 2.52. The van der Waals surface area contributed by atoms with Crippen LogP contribution in [0.4, 0.5) is 13.2 Å². The Hall–Kier alpha value is -1.93. The molecule has 1 saturated carbocycles. The first-order valence-electron chi connectivity index (χ1n) is 6.30. The fourth-order valence-electron chi connectivity index (χ4n) is 2.52. The van der Waals surface area contributed by atoms with Crippen LogP contribution in [0.15, 0.2) is 10.9 Å². The summed E-state index contributed by atoms with van der Waals surface area (Å²) in [6, 6.07) is 0. The van der Waals surface area contributed by atoms with Crippen molar-refractivity contribution in [3.63, 3.8) is 0 Å². The predicted molar refractivity (Wildman–Crippen MR) is 60.4 cm³/mol. The number of nitrogens with one attached hydrogen (secondary N) is 1. The van der Waals surface area contributed by atoms with E-state index < -0.39 is 12.1 Å². The van der Waals surface area contributed by atoms with Crippen LogP contribution in [0.2, 0.25) is 0 Å². The van der Waals surface area contributed by atoms with Crippen molar-refractivity contribution in [2.75, 3.05) is 0 Å². The van der Waals surface area contributed by atoms with Gasteiger partial charge in [0.25, 0.3) is 0 Å². The molecule has 2 aromatic heterocycles. The third-order valence-electron chi connectivity index (χ3n) is 3.55. The van der Waals surface area contributed by atoms with Gasteiger partial charge in [-0.05, 0) is 19.3 Å². The number of halogens is 3. The van der Waals surface area contributed by atoms with Gasteiger partial charge in [-0.1, -0.05) is 11.6 Å². The topological polar surface area (TPSA) is 80.5 Å². The Labute approximate surface area is 111 Å². The fraction of sp³-hybridized carbons (Fsp3) is 0.636. The highest BCUT2D eigenvalue weighted by Gasteiger charge is 2.43. The molecule has 0 spiro atoms. The summed E-state index contributed by atoms with van der Waals surface area (Å²) in [6.45, 7) is 0. The van der Waals surface area contributed by atoms with E-state index in [1.54, 1.807) is 0 Å². The van der Waals surface area contributed by atoms with E-state index >= 15 is 0 Å². The zero-order valence-electron chi connectivity index (χ0n) is 10.4. The molecule has 2 heterocycles. The monoisotopic (exact) mass is 287 g/mol. The largest absolute Gasteiger partial charge is 0.391 e. The van der Waals surface area contributed by atoms with E-state index in [1.807, 2.05) is 0 Å². The first-order valence-corrected chi connectivity index (χ1v) is 6.30. The van der Waals surface area contributed by atoms with Gasteiger partial charge < -0.3 is 4.52 Å². The predicted octanol–water partition coefficient (Wildman–Crippen LogP) is 2.69. The lowest BCUT2D eigenvalue weighted by atomic mass is 9.81. The summed E-state index contributed by atoms with van der Waals surface area (Å²) >= 11 is 0. The smallest absolute Gasteiger partial charge is 0.339 e. The number of aromatic amines is 1. The van der Waals surface area contributed by atoms with Crippen molar-refractivity contribution in [3.8, 4) is 11.6 Å². The maximum Gasteiger partial charge on any atom is 0.391 e. The van der Waals surface area contributed by atoms with Gasteiger partial charge in [0, 0.05) is 5.92 Å². The minimum Gasteiger partial charge on any atom is -0.339 e. The zero-order valence-corrected chi connectivity index (χ0v) is 10.4. The van der Waals surface area contributed by atoms with Crippen LogP contribution in [-0.4, -0.2) is 31.5 Å². The Balaban J connectivity index is 1.76. The van der Waals surface area contributed by atoms with Gasteiger partial charge in [0.05, 0.1) is 5.92 Å². The molecule has 9 heteroatoms. The molecule has 2 aromatic rings. The molecule has 0 amide bonds. The molecule has 2 unspecified atom stereocenters. The molecule has 1 aliphatic carbocycles. The third kappa shape index (κ3) is 2.52. The molecule has 1 N–H and O–H groups in total. The summed E-state index contributed by atoms with van der Waals surface area (Å²) in [5.41, 5.74) is 0. The number of H-pyrrole nitrogens is 1. The minimum atomic E-state index is -4.16. The highest BCUT2D eigenvalue weighted by molar-refractivity contribution is 5.39. The van der Waals surface area contributed by atoms with Crippen LogP contribution >= 0.6 is 0 Å². The molecule has 20 heavy (non-hydrogen) atoms. The summed E-state index contributed by atoms with van der Waals surface area (Å²) < 4.78 is 43.4. The van der Waals surface area contributed by atoms with Gasteiger partial charge in [0.1, 0.15) is 6.33 Å². The van der Waals surface area contributed by atoms with Gasteiger partial charge in [0.2, 0.25) is 11.7 Å². The summed E-state index contributed by atoms with van der Waals surface area (Å²) in [4.78, 5) is 7.98. The average molecular weight is 287 g/mol. The van der Waals surface area contributed by atoms with E-state index in [4.69, 9.17) is 4.52 Å². The lowest BCUT2D eigenvalue weighted by Gasteiger charge is -2.28. The normalized spacial score (nSPS) is 23.9. The van der Waals surface area contributed by atoms with E-state index in [2.05, 4.69) is 25.3 Å². The quantitative estimate of drug-likeness (QED) is 0.918. The molecule has 1 aliphatic rings. The van der Waals surface area contributed by atoms with E-state index in [1.165, 1.54) is 6.33 Å². The van der Waals surface area contributed by atoms with E-state index in [-0.39, 0.29) is 30.5 Å². The second-order valence-corrected chi connectivity index (χ2v) is 4.89. The molecule has 0 saturated heterocycles. The molecule has 0 aliphatic heterocycles. The Morgan fingerprint density at radius 2 is 2.15 bits per heavy atom. The molecule has 0 bridgehead atoms. The Kier molecular flexibility index (Phi) is 3.19. The van der Waals surface area contributed by atoms with Crippen LogP contribution in [0.3, 0.4) is 0 Å². The Bertz CT molecular complexity index is 565. The van der Waals surface area contributed by atoms with Gasteiger partial charge >= 0.3 is 6.18 Å². The zero-order chi connectivity index (χ0) is 14.2. The van der Waals surface area contributed by atoms with Crippen LogP contribution < -0.4 is 0 Å². The summed E-state index contributed by atoms with van der Waals surface area (Å²) in [6.07, 6.45) is -1.55. The second-order valence-electron chi connectivity index (χ2n) is 4.89. The molecule has 6 nitrogen and oxygen atoms in total. The molecule has 0 radical (unpaired) electrons. The van der Waals surface area contributed by atoms with Crippen molar-refractivity contribution in [1.82, 2.24) is 25.3 Å². The third-order valence-corrected chi connectivity index (χ3v) is 3.55. The standard InChI is InChI=1S/C11H12F3N5O/c12-11(13,14)7-3-1-2-6(4-7)10-17-9(19-20-10)8-15-5-16-18-8/h5-7H,1-4H2,(H,15,16,18). The van der Waals surface area contributed by atoms with E-state index in [0.717, 1.165) is 0 Å². The number of aromatic nitrogens is 5. The van der Waals surface area contributed by atoms with Crippen LogP contribution in [0.25, 0.3) is 11.6 Å². The first kappa shape index (κ1) is 13.1. The number of alkyl halides is 3.